The molecule has 0 fully saturated rings. The molecule has 3 aromatic rings. The normalized spacial score (nSPS) is 15.6. The summed E-state index contributed by atoms with van der Waals surface area (Å²) in [5, 5.41) is 2.91. The van der Waals surface area contributed by atoms with Crippen LogP contribution in [0.2, 0.25) is 0 Å². The molecule has 1 aliphatic rings. The lowest BCUT2D eigenvalue weighted by Crippen LogP contribution is -2.49. The lowest BCUT2D eigenvalue weighted by atomic mass is 9.98. The molecule has 4 rings (SSSR count). The summed E-state index contributed by atoms with van der Waals surface area (Å²) in [5.41, 5.74) is 15.7. The van der Waals surface area contributed by atoms with E-state index in [4.69, 9.17) is 11.5 Å². The highest BCUT2D eigenvalue weighted by Crippen LogP contribution is 2.33. The molecule has 5 N–H and O–H groups in total. The van der Waals surface area contributed by atoms with Crippen molar-refractivity contribution in [2.75, 3.05) is 4.90 Å². The number of anilines is 1. The van der Waals surface area contributed by atoms with Crippen LogP contribution in [0.15, 0.2) is 71.2 Å². The second kappa shape index (κ2) is 10.9. The molecule has 1 atom stereocenters. The fraction of sp³-hybridized carbons (Fsp3) is 0.276. The number of amides is 3. The van der Waals surface area contributed by atoms with Crippen LogP contribution in [-0.2, 0) is 22.6 Å². The van der Waals surface area contributed by atoms with Gasteiger partial charge in [-0.25, -0.2) is 0 Å². The van der Waals surface area contributed by atoms with Crippen molar-refractivity contribution in [1.29, 1.82) is 0 Å². The van der Waals surface area contributed by atoms with E-state index in [-0.39, 0.29) is 18.2 Å². The quantitative estimate of drug-likeness (QED) is 0.397. The zero-order valence-corrected chi connectivity index (χ0v) is 22.5. The van der Waals surface area contributed by atoms with Gasteiger partial charge in [0.25, 0.3) is 0 Å². The van der Waals surface area contributed by atoms with E-state index in [2.05, 4.69) is 21.2 Å². The number of halogens is 1. The first-order valence-electron chi connectivity index (χ1n) is 12.2. The van der Waals surface area contributed by atoms with Crippen LogP contribution in [0.4, 0.5) is 5.69 Å². The van der Waals surface area contributed by atoms with Crippen molar-refractivity contribution in [3.8, 4) is 11.1 Å². The predicted octanol–water partition coefficient (Wildman–Crippen LogP) is 4.31. The molecular formula is C29H31BrN4O3. The van der Waals surface area contributed by atoms with Gasteiger partial charge in [-0.1, -0.05) is 64.5 Å². The average Bonchev–Trinajstić information content (AvgIpc) is 2.96. The fourth-order valence-corrected chi connectivity index (χ4v) is 5.14. The summed E-state index contributed by atoms with van der Waals surface area (Å²) in [6, 6.07) is 20.1. The minimum Gasteiger partial charge on any atom is -0.366 e. The molecule has 0 spiro atoms. The zero-order chi connectivity index (χ0) is 26.7. The third kappa shape index (κ3) is 6.26. The first-order chi connectivity index (χ1) is 17.5. The third-order valence-electron chi connectivity index (χ3n) is 6.39. The Morgan fingerprint density at radius 2 is 1.78 bits per heavy atom. The number of benzene rings is 3. The van der Waals surface area contributed by atoms with Gasteiger partial charge in [0.1, 0.15) is 6.04 Å². The number of para-hydroxylation sites is 1. The van der Waals surface area contributed by atoms with Gasteiger partial charge < -0.3 is 21.7 Å². The highest BCUT2D eigenvalue weighted by Gasteiger charge is 2.32. The fourth-order valence-electron chi connectivity index (χ4n) is 4.63. The Morgan fingerprint density at radius 1 is 1.08 bits per heavy atom. The molecule has 1 aliphatic heterocycles. The van der Waals surface area contributed by atoms with Crippen molar-refractivity contribution in [1.82, 2.24) is 5.32 Å². The Bertz CT molecular complexity index is 1350. The Hall–Kier alpha value is -3.49. The standard InChI is InChI=1S/C29H31BrN4O3/c1-29(2,32)16-26(35)33-24-14-13-18-7-3-6-10-25(18)34(28(24)37)17-20-12-11-19(15-23(20)30)21-8-4-5-9-22(21)27(31)36/h3-12,15,24H,13-14,16-17,32H2,1-2H3,(H2,31,36)(H,33,35). The van der Waals surface area contributed by atoms with E-state index in [1.807, 2.05) is 54.6 Å². The van der Waals surface area contributed by atoms with Gasteiger partial charge >= 0.3 is 0 Å². The minimum absolute atomic E-state index is 0.128. The van der Waals surface area contributed by atoms with Crippen molar-refractivity contribution < 1.29 is 14.4 Å². The van der Waals surface area contributed by atoms with Crippen LogP contribution in [0.3, 0.4) is 0 Å². The van der Waals surface area contributed by atoms with Gasteiger partial charge in [0.15, 0.2) is 0 Å². The highest BCUT2D eigenvalue weighted by molar-refractivity contribution is 9.10. The van der Waals surface area contributed by atoms with Gasteiger partial charge in [0, 0.05) is 27.7 Å². The molecular weight excluding hydrogens is 532 g/mol. The molecule has 0 radical (unpaired) electrons. The van der Waals surface area contributed by atoms with Gasteiger partial charge in [-0.15, -0.1) is 0 Å². The van der Waals surface area contributed by atoms with Crippen molar-refractivity contribution >= 4 is 39.3 Å². The average molecular weight is 563 g/mol. The summed E-state index contributed by atoms with van der Waals surface area (Å²) in [6.07, 6.45) is 1.30. The predicted molar refractivity (Wildman–Crippen MR) is 149 cm³/mol. The van der Waals surface area contributed by atoms with Crippen molar-refractivity contribution in [3.05, 3.63) is 87.9 Å². The van der Waals surface area contributed by atoms with E-state index in [1.165, 1.54) is 0 Å². The number of primary amides is 1. The Labute approximate surface area is 225 Å². The van der Waals surface area contributed by atoms with Crippen LogP contribution in [-0.4, -0.2) is 29.3 Å². The largest absolute Gasteiger partial charge is 0.366 e. The van der Waals surface area contributed by atoms with E-state index in [0.717, 1.165) is 32.4 Å². The molecule has 0 bridgehead atoms. The lowest BCUT2D eigenvalue weighted by molar-refractivity contribution is -0.128. The van der Waals surface area contributed by atoms with Gasteiger partial charge in [-0.05, 0) is 67.1 Å². The number of carbonyl (C=O) groups excluding carboxylic acids is 3. The van der Waals surface area contributed by atoms with E-state index >= 15 is 0 Å². The molecule has 0 aliphatic carbocycles. The van der Waals surface area contributed by atoms with Gasteiger partial charge in [0.05, 0.1) is 6.54 Å². The number of hydrogen-bond acceptors (Lipinski definition) is 4. The van der Waals surface area contributed by atoms with Crippen LogP contribution in [0, 0.1) is 0 Å². The zero-order valence-electron chi connectivity index (χ0n) is 21.0. The molecule has 7 nitrogen and oxygen atoms in total. The molecule has 3 amide bonds. The van der Waals surface area contributed by atoms with Crippen LogP contribution in [0.25, 0.3) is 11.1 Å². The van der Waals surface area contributed by atoms with Crippen molar-refractivity contribution in [3.63, 3.8) is 0 Å². The van der Waals surface area contributed by atoms with E-state index in [0.29, 0.717) is 24.9 Å². The van der Waals surface area contributed by atoms with Gasteiger partial charge in [-0.3, -0.25) is 14.4 Å². The molecule has 0 saturated heterocycles. The summed E-state index contributed by atoms with van der Waals surface area (Å²) in [6.45, 7) is 3.88. The molecule has 1 unspecified atom stereocenters. The molecule has 192 valence electrons. The van der Waals surface area contributed by atoms with Crippen LogP contribution < -0.4 is 21.7 Å². The monoisotopic (exact) mass is 562 g/mol. The molecule has 0 aromatic heterocycles. The number of rotatable bonds is 7. The SMILES string of the molecule is CC(C)(N)CC(=O)NC1CCc2ccccc2N(Cc2ccc(-c3ccccc3C(N)=O)cc2Br)C1=O. The molecule has 0 saturated carbocycles. The maximum Gasteiger partial charge on any atom is 0.249 e. The molecule has 1 heterocycles. The van der Waals surface area contributed by atoms with E-state index < -0.39 is 17.5 Å². The van der Waals surface area contributed by atoms with Gasteiger partial charge in [0.2, 0.25) is 17.7 Å². The smallest absolute Gasteiger partial charge is 0.249 e. The topological polar surface area (TPSA) is 119 Å². The van der Waals surface area contributed by atoms with Crippen molar-refractivity contribution in [2.45, 2.75) is 51.2 Å². The summed E-state index contributed by atoms with van der Waals surface area (Å²) >= 11 is 3.66. The number of carbonyl (C=O) groups is 3. The number of hydrogen-bond donors (Lipinski definition) is 3. The van der Waals surface area contributed by atoms with E-state index in [1.54, 1.807) is 30.9 Å². The van der Waals surface area contributed by atoms with Crippen LogP contribution >= 0.6 is 15.9 Å². The Morgan fingerprint density at radius 3 is 2.49 bits per heavy atom. The molecule has 37 heavy (non-hydrogen) atoms. The first kappa shape index (κ1) is 26.6. The Kier molecular flexibility index (Phi) is 7.80. The number of aryl methyl sites for hydroxylation is 1. The summed E-state index contributed by atoms with van der Waals surface area (Å²) in [5.74, 6) is -0.896. The third-order valence-corrected chi connectivity index (χ3v) is 7.12. The summed E-state index contributed by atoms with van der Waals surface area (Å²) in [4.78, 5) is 40.0. The first-order valence-corrected chi connectivity index (χ1v) is 13.0. The van der Waals surface area contributed by atoms with Crippen LogP contribution in [0.5, 0.6) is 0 Å². The van der Waals surface area contributed by atoms with Crippen molar-refractivity contribution in [2.24, 2.45) is 11.5 Å². The molecule has 8 heteroatoms. The summed E-state index contributed by atoms with van der Waals surface area (Å²) in [7, 11) is 0. The van der Waals surface area contributed by atoms with Crippen LogP contribution in [0.1, 0.15) is 48.2 Å². The lowest BCUT2D eigenvalue weighted by Gasteiger charge is -2.27. The Balaban J connectivity index is 1.64. The number of nitrogens with one attached hydrogen (secondary N) is 1. The van der Waals surface area contributed by atoms with Gasteiger partial charge in [-0.2, -0.15) is 0 Å². The minimum atomic E-state index is -0.666. The number of fused-ring (bicyclic) bond motifs is 1. The second-order valence-electron chi connectivity index (χ2n) is 10.1. The second-order valence-corrected chi connectivity index (χ2v) is 10.9. The summed E-state index contributed by atoms with van der Waals surface area (Å²) < 4.78 is 0.796. The number of nitrogens with zero attached hydrogens (tertiary/aromatic N) is 1. The maximum absolute atomic E-state index is 13.7. The molecule has 3 aromatic carbocycles. The number of nitrogens with two attached hydrogens (primary N) is 2. The van der Waals surface area contributed by atoms with E-state index in [9.17, 15) is 14.4 Å². The maximum atomic E-state index is 13.7. The highest BCUT2D eigenvalue weighted by atomic mass is 79.9.